The average molecular weight is 235 g/mol. The molecule has 1 heterocycles. The SMILES string of the molecule is CCCC1(O)CN(C(=O)c2ccccc2O)C1. The van der Waals surface area contributed by atoms with Crippen molar-refractivity contribution in [3.8, 4) is 5.75 Å². The van der Waals surface area contributed by atoms with Crippen LogP contribution < -0.4 is 0 Å². The van der Waals surface area contributed by atoms with E-state index >= 15 is 0 Å². The fourth-order valence-electron chi connectivity index (χ4n) is 2.26. The molecule has 0 aromatic heterocycles. The van der Waals surface area contributed by atoms with Crippen LogP contribution in [0.25, 0.3) is 0 Å². The van der Waals surface area contributed by atoms with E-state index < -0.39 is 5.60 Å². The number of para-hydroxylation sites is 1. The van der Waals surface area contributed by atoms with Gasteiger partial charge in [-0.1, -0.05) is 25.5 Å². The number of aromatic hydroxyl groups is 1. The lowest BCUT2D eigenvalue weighted by atomic mass is 9.88. The summed E-state index contributed by atoms with van der Waals surface area (Å²) in [6.45, 7) is 2.72. The van der Waals surface area contributed by atoms with Crippen LogP contribution in [-0.4, -0.2) is 39.7 Å². The summed E-state index contributed by atoms with van der Waals surface area (Å²) in [5.74, 6) is -0.229. The summed E-state index contributed by atoms with van der Waals surface area (Å²) in [5, 5.41) is 19.6. The number of phenolic OH excluding ortho intramolecular Hbond substituents is 1. The molecule has 2 N–H and O–H groups in total. The van der Waals surface area contributed by atoms with Crippen LogP contribution in [0.1, 0.15) is 30.1 Å². The molecule has 1 saturated heterocycles. The lowest BCUT2D eigenvalue weighted by Crippen LogP contribution is -2.63. The number of likely N-dealkylation sites (tertiary alicyclic amines) is 1. The lowest BCUT2D eigenvalue weighted by Gasteiger charge is -2.46. The number of aliphatic hydroxyl groups is 1. The van der Waals surface area contributed by atoms with Crippen molar-refractivity contribution in [2.45, 2.75) is 25.4 Å². The summed E-state index contributed by atoms with van der Waals surface area (Å²) in [5.41, 5.74) is -0.430. The van der Waals surface area contributed by atoms with Crippen molar-refractivity contribution in [1.82, 2.24) is 4.90 Å². The van der Waals surface area contributed by atoms with Crippen molar-refractivity contribution in [2.75, 3.05) is 13.1 Å². The Morgan fingerprint density at radius 1 is 1.41 bits per heavy atom. The van der Waals surface area contributed by atoms with Gasteiger partial charge in [0, 0.05) is 0 Å². The van der Waals surface area contributed by atoms with Crippen LogP contribution in [0.3, 0.4) is 0 Å². The van der Waals surface area contributed by atoms with Crippen molar-refractivity contribution < 1.29 is 15.0 Å². The highest BCUT2D eigenvalue weighted by atomic mass is 16.3. The molecular formula is C13H17NO3. The van der Waals surface area contributed by atoms with E-state index in [0.717, 1.165) is 6.42 Å². The van der Waals surface area contributed by atoms with Crippen LogP contribution >= 0.6 is 0 Å². The normalized spacial score (nSPS) is 17.6. The number of β-amino-alcohol motifs (C(OH)–C–C–N with tert-alkyl or cyclic N) is 1. The summed E-state index contributed by atoms with van der Waals surface area (Å²) in [6, 6.07) is 6.47. The Kier molecular flexibility index (Phi) is 3.07. The molecule has 92 valence electrons. The number of phenols is 1. The minimum atomic E-state index is -0.727. The largest absolute Gasteiger partial charge is 0.507 e. The van der Waals surface area contributed by atoms with Crippen LogP contribution in [0.5, 0.6) is 5.75 Å². The highest BCUT2D eigenvalue weighted by Gasteiger charge is 2.43. The van der Waals surface area contributed by atoms with Gasteiger partial charge in [-0.25, -0.2) is 0 Å². The van der Waals surface area contributed by atoms with Crippen LogP contribution in [0.2, 0.25) is 0 Å². The Bertz CT molecular complexity index is 424. The van der Waals surface area contributed by atoms with Crippen LogP contribution in [0, 0.1) is 0 Å². The monoisotopic (exact) mass is 235 g/mol. The van der Waals surface area contributed by atoms with Gasteiger partial charge < -0.3 is 15.1 Å². The van der Waals surface area contributed by atoms with Crippen molar-refractivity contribution >= 4 is 5.91 Å². The smallest absolute Gasteiger partial charge is 0.257 e. The molecule has 0 radical (unpaired) electrons. The molecule has 17 heavy (non-hydrogen) atoms. The second kappa shape index (κ2) is 4.37. The van der Waals surface area contributed by atoms with Gasteiger partial charge in [-0.15, -0.1) is 0 Å². The van der Waals surface area contributed by atoms with Gasteiger partial charge in [0.25, 0.3) is 5.91 Å². The van der Waals surface area contributed by atoms with Crippen molar-refractivity contribution in [2.24, 2.45) is 0 Å². The fourth-order valence-corrected chi connectivity index (χ4v) is 2.26. The van der Waals surface area contributed by atoms with E-state index in [9.17, 15) is 15.0 Å². The van der Waals surface area contributed by atoms with Crippen LogP contribution in [0.15, 0.2) is 24.3 Å². The first kappa shape index (κ1) is 11.9. The van der Waals surface area contributed by atoms with E-state index in [0.29, 0.717) is 25.1 Å². The summed E-state index contributed by atoms with van der Waals surface area (Å²) >= 11 is 0. The van der Waals surface area contributed by atoms with Gasteiger partial charge in [0.2, 0.25) is 0 Å². The average Bonchev–Trinajstić information content (AvgIpc) is 2.26. The highest BCUT2D eigenvalue weighted by Crippen LogP contribution is 2.29. The van der Waals surface area contributed by atoms with E-state index in [1.807, 2.05) is 6.92 Å². The molecular weight excluding hydrogens is 218 g/mol. The number of hydrogen-bond acceptors (Lipinski definition) is 3. The number of carbonyl (C=O) groups is 1. The number of rotatable bonds is 3. The fraction of sp³-hybridized carbons (Fsp3) is 0.462. The topological polar surface area (TPSA) is 60.8 Å². The zero-order valence-corrected chi connectivity index (χ0v) is 9.89. The molecule has 0 saturated carbocycles. The Hall–Kier alpha value is -1.55. The standard InChI is InChI=1S/C13H17NO3/c1-2-7-13(17)8-14(9-13)12(16)10-5-3-4-6-11(10)15/h3-6,15,17H,2,7-9H2,1H3. The Morgan fingerprint density at radius 2 is 2.06 bits per heavy atom. The maximum absolute atomic E-state index is 12.0. The predicted molar refractivity (Wildman–Crippen MR) is 63.9 cm³/mol. The first-order valence-corrected chi connectivity index (χ1v) is 5.85. The lowest BCUT2D eigenvalue weighted by molar-refractivity contribution is -0.0860. The van der Waals surface area contributed by atoms with E-state index in [-0.39, 0.29) is 11.7 Å². The van der Waals surface area contributed by atoms with Crippen molar-refractivity contribution in [3.05, 3.63) is 29.8 Å². The summed E-state index contributed by atoms with van der Waals surface area (Å²) in [6.07, 6.45) is 1.60. The second-order valence-electron chi connectivity index (χ2n) is 4.65. The summed E-state index contributed by atoms with van der Waals surface area (Å²) in [7, 11) is 0. The molecule has 0 bridgehead atoms. The first-order chi connectivity index (χ1) is 8.06. The Labute approximate surface area is 100 Å². The maximum atomic E-state index is 12.0. The summed E-state index contributed by atoms with van der Waals surface area (Å²) < 4.78 is 0. The minimum Gasteiger partial charge on any atom is -0.507 e. The molecule has 2 rings (SSSR count). The third-order valence-corrected chi connectivity index (χ3v) is 3.11. The van der Waals surface area contributed by atoms with Gasteiger partial charge >= 0.3 is 0 Å². The summed E-state index contributed by atoms with van der Waals surface area (Å²) in [4.78, 5) is 13.6. The molecule has 4 nitrogen and oxygen atoms in total. The molecule has 1 aromatic rings. The van der Waals surface area contributed by atoms with Crippen LogP contribution in [0.4, 0.5) is 0 Å². The van der Waals surface area contributed by atoms with E-state index in [2.05, 4.69) is 0 Å². The van der Waals surface area contributed by atoms with E-state index in [4.69, 9.17) is 0 Å². The number of amides is 1. The molecule has 1 fully saturated rings. The molecule has 0 aliphatic carbocycles. The molecule has 4 heteroatoms. The molecule has 0 unspecified atom stereocenters. The quantitative estimate of drug-likeness (QED) is 0.832. The van der Waals surface area contributed by atoms with Gasteiger partial charge in [-0.2, -0.15) is 0 Å². The maximum Gasteiger partial charge on any atom is 0.257 e. The number of nitrogens with zero attached hydrogens (tertiary/aromatic N) is 1. The number of carbonyl (C=O) groups excluding carboxylic acids is 1. The van der Waals surface area contributed by atoms with Crippen LogP contribution in [-0.2, 0) is 0 Å². The zero-order chi connectivity index (χ0) is 12.5. The van der Waals surface area contributed by atoms with Crippen molar-refractivity contribution in [1.29, 1.82) is 0 Å². The Balaban J connectivity index is 2.03. The highest BCUT2D eigenvalue weighted by molar-refractivity contribution is 5.97. The number of hydrogen-bond donors (Lipinski definition) is 2. The number of benzene rings is 1. The molecule has 1 aliphatic heterocycles. The van der Waals surface area contributed by atoms with Gasteiger partial charge in [0.05, 0.1) is 24.3 Å². The van der Waals surface area contributed by atoms with Gasteiger partial charge in [0.15, 0.2) is 0 Å². The molecule has 1 amide bonds. The molecule has 1 aromatic carbocycles. The minimum absolute atomic E-state index is 0.0107. The molecule has 0 atom stereocenters. The third-order valence-electron chi connectivity index (χ3n) is 3.11. The van der Waals surface area contributed by atoms with Crippen molar-refractivity contribution in [3.63, 3.8) is 0 Å². The Morgan fingerprint density at radius 3 is 2.65 bits per heavy atom. The zero-order valence-electron chi connectivity index (χ0n) is 9.89. The predicted octanol–water partition coefficient (Wildman–Crippen LogP) is 1.38. The van der Waals surface area contributed by atoms with Gasteiger partial charge in [0.1, 0.15) is 5.75 Å². The molecule has 0 spiro atoms. The molecule has 1 aliphatic rings. The third kappa shape index (κ3) is 2.26. The van der Waals surface area contributed by atoms with Gasteiger partial charge in [-0.05, 0) is 18.6 Å². The first-order valence-electron chi connectivity index (χ1n) is 5.85. The van der Waals surface area contributed by atoms with Gasteiger partial charge in [-0.3, -0.25) is 4.79 Å². The second-order valence-corrected chi connectivity index (χ2v) is 4.65. The van der Waals surface area contributed by atoms with E-state index in [1.165, 1.54) is 6.07 Å². The van der Waals surface area contributed by atoms with E-state index in [1.54, 1.807) is 23.1 Å².